The van der Waals surface area contributed by atoms with Crippen LogP contribution in [0.2, 0.25) is 5.02 Å². The van der Waals surface area contributed by atoms with E-state index in [1.807, 2.05) is 25.1 Å². The highest BCUT2D eigenvalue weighted by Gasteiger charge is 2.72. The molecule has 1 saturated carbocycles. The number of aryl methyl sites for hydroxylation is 1. The lowest BCUT2D eigenvalue weighted by Crippen LogP contribution is -2.60. The number of hydrogen-bond acceptors (Lipinski definition) is 4. The molecule has 2 amide bonds. The third-order valence-corrected chi connectivity index (χ3v) is 9.19. The van der Waals surface area contributed by atoms with Crippen LogP contribution in [0.1, 0.15) is 65.1 Å². The van der Waals surface area contributed by atoms with Crippen LogP contribution in [0.15, 0.2) is 60.7 Å². The summed E-state index contributed by atoms with van der Waals surface area (Å²) in [7, 11) is 0. The minimum atomic E-state index is -1.27. The highest BCUT2D eigenvalue weighted by atomic mass is 35.5. The summed E-state index contributed by atoms with van der Waals surface area (Å²) >= 11 is 6.27. The molecular formula is C31H29ClFN3O4. The van der Waals surface area contributed by atoms with Gasteiger partial charge in [0.25, 0.3) is 0 Å². The fourth-order valence-corrected chi connectivity index (χ4v) is 7.46. The Bertz CT molecular complexity index is 1540. The van der Waals surface area contributed by atoms with E-state index in [0.29, 0.717) is 24.2 Å². The molecule has 2 spiro atoms. The van der Waals surface area contributed by atoms with Gasteiger partial charge in [-0.2, -0.15) is 0 Å². The Morgan fingerprint density at radius 2 is 1.77 bits per heavy atom. The van der Waals surface area contributed by atoms with E-state index >= 15 is 4.39 Å². The lowest BCUT2D eigenvalue weighted by molar-refractivity contribution is -0.124. The number of rotatable bonds is 4. The summed E-state index contributed by atoms with van der Waals surface area (Å²) < 4.78 is 15.9. The van der Waals surface area contributed by atoms with Crippen LogP contribution in [0, 0.1) is 12.7 Å². The van der Waals surface area contributed by atoms with Crippen LogP contribution in [-0.2, 0) is 15.0 Å². The van der Waals surface area contributed by atoms with Gasteiger partial charge in [0.05, 0.1) is 16.6 Å². The molecule has 3 aliphatic rings. The monoisotopic (exact) mass is 561 g/mol. The topological polar surface area (TPSA) is 108 Å². The molecule has 9 heteroatoms. The normalized spacial score (nSPS) is 24.6. The van der Waals surface area contributed by atoms with Crippen molar-refractivity contribution in [1.29, 1.82) is 0 Å². The first-order valence-corrected chi connectivity index (χ1v) is 13.8. The number of anilines is 2. The molecule has 40 heavy (non-hydrogen) atoms. The summed E-state index contributed by atoms with van der Waals surface area (Å²) in [6.07, 6.45) is 4.01. The van der Waals surface area contributed by atoms with E-state index in [1.165, 1.54) is 30.3 Å². The zero-order valence-electron chi connectivity index (χ0n) is 21.9. The predicted molar refractivity (Wildman–Crippen MR) is 150 cm³/mol. The molecular weight excluding hydrogens is 533 g/mol. The number of benzene rings is 3. The van der Waals surface area contributed by atoms with Gasteiger partial charge in [-0.25, -0.2) is 9.18 Å². The summed E-state index contributed by atoms with van der Waals surface area (Å²) in [5.41, 5.74) is 1.02. The number of halogens is 2. The lowest BCUT2D eigenvalue weighted by Gasteiger charge is -2.47. The van der Waals surface area contributed by atoms with Crippen molar-refractivity contribution >= 4 is 40.8 Å². The van der Waals surface area contributed by atoms with Gasteiger partial charge in [0.1, 0.15) is 11.2 Å². The Kier molecular flexibility index (Phi) is 6.43. The van der Waals surface area contributed by atoms with Crippen molar-refractivity contribution in [1.82, 2.24) is 5.32 Å². The number of hydrogen-bond donors (Lipinski definition) is 4. The third-order valence-electron chi connectivity index (χ3n) is 8.90. The highest BCUT2D eigenvalue weighted by Crippen LogP contribution is 2.62. The van der Waals surface area contributed by atoms with Crippen LogP contribution in [-0.4, -0.2) is 34.5 Å². The second kappa shape index (κ2) is 9.71. The van der Waals surface area contributed by atoms with Crippen molar-refractivity contribution in [3.05, 3.63) is 93.8 Å². The van der Waals surface area contributed by atoms with Crippen molar-refractivity contribution in [2.24, 2.45) is 0 Å². The summed E-state index contributed by atoms with van der Waals surface area (Å²) in [6, 6.07) is 15.3. The van der Waals surface area contributed by atoms with Crippen molar-refractivity contribution in [3.8, 4) is 0 Å². The molecule has 0 bridgehead atoms. The molecule has 4 N–H and O–H groups in total. The van der Waals surface area contributed by atoms with Gasteiger partial charge in [0.2, 0.25) is 11.8 Å². The first-order chi connectivity index (χ1) is 19.2. The second-order valence-electron chi connectivity index (χ2n) is 11.1. The number of carbonyl (C=O) groups excluding carboxylic acids is 2. The lowest BCUT2D eigenvalue weighted by atomic mass is 9.55. The molecule has 3 aromatic carbocycles. The Morgan fingerprint density at radius 1 is 1.05 bits per heavy atom. The third kappa shape index (κ3) is 3.84. The van der Waals surface area contributed by atoms with E-state index in [9.17, 15) is 19.5 Å². The molecule has 2 fully saturated rings. The zero-order valence-corrected chi connectivity index (χ0v) is 22.6. The van der Waals surface area contributed by atoms with E-state index in [0.717, 1.165) is 30.4 Å². The number of aromatic carboxylic acids is 1. The fraction of sp³-hybridized carbons (Fsp3) is 0.323. The van der Waals surface area contributed by atoms with Crippen LogP contribution in [0.4, 0.5) is 15.8 Å². The first-order valence-electron chi connectivity index (χ1n) is 13.5. The van der Waals surface area contributed by atoms with E-state index in [1.54, 1.807) is 12.1 Å². The van der Waals surface area contributed by atoms with E-state index in [2.05, 4.69) is 16.0 Å². The Labute approximate surface area is 236 Å². The molecule has 1 saturated heterocycles. The minimum Gasteiger partial charge on any atom is -0.478 e. The van der Waals surface area contributed by atoms with Crippen molar-refractivity contribution in [3.63, 3.8) is 0 Å². The fourth-order valence-electron chi connectivity index (χ4n) is 7.28. The second-order valence-corrected chi connectivity index (χ2v) is 11.5. The van der Waals surface area contributed by atoms with Gasteiger partial charge in [-0.05, 0) is 72.9 Å². The van der Waals surface area contributed by atoms with Crippen LogP contribution >= 0.6 is 11.6 Å². The predicted octanol–water partition coefficient (Wildman–Crippen LogP) is 5.77. The number of carbonyl (C=O) groups is 3. The summed E-state index contributed by atoms with van der Waals surface area (Å²) in [5.74, 6) is -3.34. The molecule has 1 aliphatic carbocycles. The molecule has 206 valence electrons. The van der Waals surface area contributed by atoms with Crippen LogP contribution < -0.4 is 16.0 Å². The van der Waals surface area contributed by atoms with Gasteiger partial charge in [0.15, 0.2) is 0 Å². The number of carboxylic acids is 1. The Balaban J connectivity index is 1.54. The Hall–Kier alpha value is -3.75. The first kappa shape index (κ1) is 26.5. The minimum absolute atomic E-state index is 0.0804. The van der Waals surface area contributed by atoms with Gasteiger partial charge in [-0.1, -0.05) is 55.1 Å². The molecule has 6 rings (SSSR count). The molecule has 0 unspecified atom stereocenters. The molecule has 7 nitrogen and oxygen atoms in total. The van der Waals surface area contributed by atoms with Crippen molar-refractivity contribution < 1.29 is 23.9 Å². The largest absolute Gasteiger partial charge is 0.478 e. The molecule has 0 radical (unpaired) electrons. The standard InChI is InChI=1S/C31H29ClFN3O4/c1-17-8-13-21-23(16-17)35-29(40)31(21)24(20-6-5-7-22(32)25(20)33)26(36-30(31)14-3-2-4-15-30)27(37)34-19-11-9-18(10-12-19)28(38)39/h5-13,16,24,26,36H,2-4,14-15H2,1H3,(H,34,37)(H,35,40)(H,38,39)/t24-,26+,31+/m0/s1. The van der Waals surface area contributed by atoms with E-state index in [4.69, 9.17) is 11.6 Å². The number of fused-ring (bicyclic) bond motifs is 3. The zero-order chi connectivity index (χ0) is 28.2. The van der Waals surface area contributed by atoms with Gasteiger partial charge in [-0.3, -0.25) is 14.9 Å². The maximum Gasteiger partial charge on any atom is 0.335 e. The average molecular weight is 562 g/mol. The van der Waals surface area contributed by atoms with Gasteiger partial charge in [0, 0.05) is 22.8 Å². The quantitative estimate of drug-likeness (QED) is 0.323. The van der Waals surface area contributed by atoms with Crippen LogP contribution in [0.5, 0.6) is 0 Å². The maximum absolute atomic E-state index is 15.9. The SMILES string of the molecule is Cc1ccc2c(c1)NC(=O)[C@]21[C@@H](c2cccc(Cl)c2F)[C@H](C(=O)Nc2ccc(C(=O)O)cc2)NC12CCCCC2. The van der Waals surface area contributed by atoms with E-state index < -0.39 is 40.6 Å². The van der Waals surface area contributed by atoms with Crippen LogP contribution in [0.25, 0.3) is 0 Å². The molecule has 2 aliphatic heterocycles. The summed E-state index contributed by atoms with van der Waals surface area (Å²) in [5, 5.41) is 18.7. The van der Waals surface area contributed by atoms with Gasteiger partial charge in [-0.15, -0.1) is 0 Å². The van der Waals surface area contributed by atoms with Gasteiger partial charge >= 0.3 is 5.97 Å². The Morgan fingerprint density at radius 3 is 2.48 bits per heavy atom. The van der Waals surface area contributed by atoms with Crippen molar-refractivity contribution in [2.45, 2.75) is 61.9 Å². The van der Waals surface area contributed by atoms with Crippen LogP contribution in [0.3, 0.4) is 0 Å². The number of carboxylic acid groups (broad SMARTS) is 1. The maximum atomic E-state index is 15.9. The van der Waals surface area contributed by atoms with Gasteiger partial charge < -0.3 is 15.7 Å². The number of nitrogens with one attached hydrogen (secondary N) is 3. The molecule has 0 aromatic heterocycles. The molecule has 3 aromatic rings. The highest BCUT2D eigenvalue weighted by molar-refractivity contribution is 6.30. The summed E-state index contributed by atoms with van der Waals surface area (Å²) in [4.78, 5) is 39.7. The molecule has 2 heterocycles. The smallest absolute Gasteiger partial charge is 0.335 e. The molecule has 3 atom stereocenters. The summed E-state index contributed by atoms with van der Waals surface area (Å²) in [6.45, 7) is 1.95. The number of amides is 2. The average Bonchev–Trinajstić information content (AvgIpc) is 3.38. The van der Waals surface area contributed by atoms with Crippen molar-refractivity contribution in [2.75, 3.05) is 10.6 Å². The van der Waals surface area contributed by atoms with E-state index in [-0.39, 0.29) is 22.1 Å².